The van der Waals surface area contributed by atoms with Gasteiger partial charge in [0, 0.05) is 10.8 Å². The van der Waals surface area contributed by atoms with Crippen LogP contribution in [-0.2, 0) is 6.61 Å². The molecule has 0 atom stereocenters. The average Bonchev–Trinajstić information content (AvgIpc) is 2.51. The molecule has 1 heterocycles. The summed E-state index contributed by atoms with van der Waals surface area (Å²) in [5.41, 5.74) is 0.825. The van der Waals surface area contributed by atoms with Crippen LogP contribution in [0.3, 0.4) is 0 Å². The Kier molecular flexibility index (Phi) is 2.47. The molecule has 1 aromatic carbocycles. The van der Waals surface area contributed by atoms with E-state index in [0.717, 1.165) is 15.6 Å². The van der Waals surface area contributed by atoms with Crippen LogP contribution in [0.1, 0.15) is 5.56 Å². The summed E-state index contributed by atoms with van der Waals surface area (Å²) in [5.74, 6) is 0. The number of rotatable bonds is 1. The third-order valence-electron chi connectivity index (χ3n) is 1.89. The van der Waals surface area contributed by atoms with Crippen molar-refractivity contribution in [1.82, 2.24) is 0 Å². The standard InChI is InChI=1S/C9H6Cl2OS/c10-6-2-1-5(3-12)8-7(11)4-13-9(6)8/h1-2,4,12H,3H2. The molecule has 0 amide bonds. The Balaban J connectivity index is 2.88. The number of thiophene rings is 1. The van der Waals surface area contributed by atoms with Crippen molar-refractivity contribution >= 4 is 44.6 Å². The third-order valence-corrected chi connectivity index (χ3v) is 3.75. The summed E-state index contributed by atoms with van der Waals surface area (Å²) in [4.78, 5) is 0. The van der Waals surface area contributed by atoms with Gasteiger partial charge in [-0.15, -0.1) is 11.3 Å². The zero-order valence-electron chi connectivity index (χ0n) is 6.55. The Morgan fingerprint density at radius 3 is 2.69 bits per heavy atom. The lowest BCUT2D eigenvalue weighted by Gasteiger charge is -2.00. The minimum atomic E-state index is -0.00980. The van der Waals surface area contributed by atoms with Crippen LogP contribution in [0.15, 0.2) is 17.5 Å². The zero-order chi connectivity index (χ0) is 9.42. The number of aliphatic hydroxyl groups excluding tert-OH is 1. The quantitative estimate of drug-likeness (QED) is 0.796. The summed E-state index contributed by atoms with van der Waals surface area (Å²) >= 11 is 13.4. The van der Waals surface area contributed by atoms with Crippen LogP contribution in [0.5, 0.6) is 0 Å². The zero-order valence-corrected chi connectivity index (χ0v) is 8.88. The third kappa shape index (κ3) is 1.44. The Hall–Kier alpha value is -0.280. The van der Waals surface area contributed by atoms with Gasteiger partial charge < -0.3 is 5.11 Å². The molecule has 0 aliphatic carbocycles. The van der Waals surface area contributed by atoms with E-state index >= 15 is 0 Å². The second-order valence-corrected chi connectivity index (χ2v) is 4.35. The maximum atomic E-state index is 9.07. The molecule has 0 saturated carbocycles. The van der Waals surface area contributed by atoms with E-state index in [0.29, 0.717) is 10.0 Å². The molecule has 1 nitrogen and oxygen atoms in total. The van der Waals surface area contributed by atoms with Gasteiger partial charge in [-0.1, -0.05) is 29.3 Å². The van der Waals surface area contributed by atoms with Gasteiger partial charge in [0.15, 0.2) is 0 Å². The lowest BCUT2D eigenvalue weighted by Crippen LogP contribution is -1.83. The van der Waals surface area contributed by atoms with E-state index in [9.17, 15) is 0 Å². The molecule has 1 N–H and O–H groups in total. The van der Waals surface area contributed by atoms with Gasteiger partial charge in [-0.05, 0) is 11.6 Å². The van der Waals surface area contributed by atoms with Crippen LogP contribution in [0.4, 0.5) is 0 Å². The van der Waals surface area contributed by atoms with Gasteiger partial charge in [0.05, 0.1) is 21.4 Å². The highest BCUT2D eigenvalue weighted by atomic mass is 35.5. The molecular weight excluding hydrogens is 227 g/mol. The molecule has 0 radical (unpaired) electrons. The van der Waals surface area contributed by atoms with Crippen molar-refractivity contribution < 1.29 is 5.11 Å². The van der Waals surface area contributed by atoms with Crippen molar-refractivity contribution in [2.75, 3.05) is 0 Å². The Morgan fingerprint density at radius 2 is 2.00 bits per heavy atom. The summed E-state index contributed by atoms with van der Waals surface area (Å²) in [6, 6.07) is 3.57. The average molecular weight is 233 g/mol. The monoisotopic (exact) mass is 232 g/mol. The normalized spacial score (nSPS) is 11.0. The van der Waals surface area contributed by atoms with E-state index in [-0.39, 0.29) is 6.61 Å². The highest BCUT2D eigenvalue weighted by Gasteiger charge is 2.09. The number of hydrogen-bond donors (Lipinski definition) is 1. The molecule has 0 spiro atoms. The fraction of sp³-hybridized carbons (Fsp3) is 0.111. The van der Waals surface area contributed by atoms with Crippen molar-refractivity contribution in [3.63, 3.8) is 0 Å². The van der Waals surface area contributed by atoms with Gasteiger partial charge in [0.1, 0.15) is 0 Å². The van der Waals surface area contributed by atoms with Gasteiger partial charge in [-0.25, -0.2) is 0 Å². The van der Waals surface area contributed by atoms with Crippen molar-refractivity contribution in [2.45, 2.75) is 6.61 Å². The van der Waals surface area contributed by atoms with Gasteiger partial charge in [0.25, 0.3) is 0 Å². The molecule has 2 rings (SSSR count). The van der Waals surface area contributed by atoms with E-state index in [4.69, 9.17) is 28.3 Å². The summed E-state index contributed by atoms with van der Waals surface area (Å²) in [6.45, 7) is -0.00980. The fourth-order valence-electron chi connectivity index (χ4n) is 1.28. The predicted molar refractivity (Wildman–Crippen MR) is 57.8 cm³/mol. The molecule has 13 heavy (non-hydrogen) atoms. The molecule has 68 valence electrons. The Labute approximate surface area is 89.5 Å². The lowest BCUT2D eigenvalue weighted by atomic mass is 10.1. The molecular formula is C9H6Cl2OS. The van der Waals surface area contributed by atoms with Gasteiger partial charge >= 0.3 is 0 Å². The highest BCUT2D eigenvalue weighted by molar-refractivity contribution is 7.18. The number of benzene rings is 1. The molecule has 4 heteroatoms. The van der Waals surface area contributed by atoms with Crippen LogP contribution in [0.2, 0.25) is 10.0 Å². The van der Waals surface area contributed by atoms with Crippen LogP contribution >= 0.6 is 34.5 Å². The number of hydrogen-bond acceptors (Lipinski definition) is 2. The van der Waals surface area contributed by atoms with E-state index in [1.54, 1.807) is 12.1 Å². The van der Waals surface area contributed by atoms with Gasteiger partial charge in [-0.3, -0.25) is 0 Å². The maximum Gasteiger partial charge on any atom is 0.0688 e. The van der Waals surface area contributed by atoms with Crippen LogP contribution in [-0.4, -0.2) is 5.11 Å². The molecule has 0 aliphatic rings. The molecule has 2 aromatic rings. The first-order valence-corrected chi connectivity index (χ1v) is 5.32. The van der Waals surface area contributed by atoms with Crippen molar-refractivity contribution in [1.29, 1.82) is 0 Å². The molecule has 0 aliphatic heterocycles. The summed E-state index contributed by atoms with van der Waals surface area (Å²) in [5, 5.41) is 13.1. The Morgan fingerprint density at radius 1 is 1.23 bits per heavy atom. The number of aliphatic hydroxyl groups is 1. The van der Waals surface area contributed by atoms with E-state index in [1.165, 1.54) is 11.3 Å². The van der Waals surface area contributed by atoms with Crippen LogP contribution in [0.25, 0.3) is 10.1 Å². The molecule has 0 saturated heterocycles. The summed E-state index contributed by atoms with van der Waals surface area (Å²) in [6.07, 6.45) is 0. The number of halogens is 2. The predicted octanol–water partition coefficient (Wildman–Crippen LogP) is 3.70. The molecule has 0 bridgehead atoms. The SMILES string of the molecule is OCc1ccc(Cl)c2scc(Cl)c12. The fourth-order valence-corrected chi connectivity index (χ4v) is 2.85. The van der Waals surface area contributed by atoms with E-state index in [1.807, 2.05) is 5.38 Å². The minimum absolute atomic E-state index is 0.00980. The van der Waals surface area contributed by atoms with Crippen molar-refractivity contribution in [2.24, 2.45) is 0 Å². The summed E-state index contributed by atoms with van der Waals surface area (Å²) < 4.78 is 0.943. The van der Waals surface area contributed by atoms with E-state index < -0.39 is 0 Å². The smallest absolute Gasteiger partial charge is 0.0688 e. The maximum absolute atomic E-state index is 9.07. The molecule has 0 unspecified atom stereocenters. The van der Waals surface area contributed by atoms with Crippen molar-refractivity contribution in [3.05, 3.63) is 33.1 Å². The first-order valence-electron chi connectivity index (χ1n) is 3.69. The van der Waals surface area contributed by atoms with Gasteiger partial charge in [0.2, 0.25) is 0 Å². The lowest BCUT2D eigenvalue weighted by molar-refractivity contribution is 0.283. The van der Waals surface area contributed by atoms with Crippen LogP contribution in [0, 0.1) is 0 Å². The second kappa shape index (κ2) is 3.46. The van der Waals surface area contributed by atoms with Crippen LogP contribution < -0.4 is 0 Å². The largest absolute Gasteiger partial charge is 0.392 e. The van der Waals surface area contributed by atoms with E-state index in [2.05, 4.69) is 0 Å². The minimum Gasteiger partial charge on any atom is -0.392 e. The Bertz CT molecular complexity index is 450. The topological polar surface area (TPSA) is 20.2 Å². The highest BCUT2D eigenvalue weighted by Crippen LogP contribution is 2.37. The first kappa shape index (κ1) is 9.28. The molecule has 1 aromatic heterocycles. The molecule has 0 fully saturated rings. The summed E-state index contributed by atoms with van der Waals surface area (Å²) in [7, 11) is 0. The van der Waals surface area contributed by atoms with Gasteiger partial charge in [-0.2, -0.15) is 0 Å². The van der Waals surface area contributed by atoms with Crippen molar-refractivity contribution in [3.8, 4) is 0 Å². The first-order chi connectivity index (χ1) is 6.24. The number of fused-ring (bicyclic) bond motifs is 1. The second-order valence-electron chi connectivity index (χ2n) is 2.65.